The first-order valence-electron chi connectivity index (χ1n) is 11.5. The second kappa shape index (κ2) is 8.68. The van der Waals surface area contributed by atoms with Crippen LogP contribution >= 0.6 is 0 Å². The van der Waals surface area contributed by atoms with E-state index in [1.165, 1.54) is 23.8 Å². The van der Waals surface area contributed by atoms with Crippen molar-refractivity contribution in [1.29, 1.82) is 0 Å². The summed E-state index contributed by atoms with van der Waals surface area (Å²) in [6.45, 7) is 3.21. The van der Waals surface area contributed by atoms with Gasteiger partial charge in [-0.05, 0) is 48.9 Å². The van der Waals surface area contributed by atoms with Crippen LogP contribution in [0.15, 0.2) is 44.3 Å². The number of amides is 1. The number of fused-ring (bicyclic) bond motifs is 5. The average Bonchev–Trinajstić information content (AvgIpc) is 2.82. The third kappa shape index (κ3) is 4.09. The summed E-state index contributed by atoms with van der Waals surface area (Å²) < 4.78 is 12.3. The first-order valence-corrected chi connectivity index (χ1v) is 11.5. The van der Waals surface area contributed by atoms with Gasteiger partial charge in [-0.15, -0.1) is 0 Å². The van der Waals surface area contributed by atoms with E-state index in [0.29, 0.717) is 37.4 Å². The summed E-state index contributed by atoms with van der Waals surface area (Å²) in [5, 5.41) is 11.9. The van der Waals surface area contributed by atoms with Crippen LogP contribution in [0, 0.1) is 23.0 Å². The number of nitrogens with zero attached hydrogens (tertiary/aromatic N) is 3. The van der Waals surface area contributed by atoms with Crippen molar-refractivity contribution in [2.75, 3.05) is 20.2 Å². The fraction of sp³-hybridized carbons (Fsp3) is 0.400. The molecule has 1 aromatic carbocycles. The zero-order valence-corrected chi connectivity index (χ0v) is 19.5. The maximum Gasteiger partial charge on any atom is 0.336 e. The van der Waals surface area contributed by atoms with Gasteiger partial charge in [0, 0.05) is 61.3 Å². The van der Waals surface area contributed by atoms with Crippen LogP contribution in [-0.2, 0) is 17.8 Å². The Morgan fingerprint density at radius 2 is 2.00 bits per heavy atom. The van der Waals surface area contributed by atoms with E-state index in [-0.39, 0.29) is 24.2 Å². The molecule has 0 N–H and O–H groups in total. The summed E-state index contributed by atoms with van der Waals surface area (Å²) >= 11 is 0. The standard InChI is InChI=1S/C25H25N3O7/c1-14-7-24(30)35-22-10-21(34-2)16(9-18(14)22)3-6-23(29)26-11-15-8-17(13-26)19-4-5-20(28(32)33)25(31)27(19)12-15/h4-5,7,9-10,15,17H,3,6,8,11-13H2,1-2H3. The Bertz CT molecular complexity index is 1470. The van der Waals surface area contributed by atoms with Gasteiger partial charge in [-0.2, -0.15) is 0 Å². The lowest BCUT2D eigenvalue weighted by Crippen LogP contribution is -2.49. The third-order valence-electron chi connectivity index (χ3n) is 7.09. The van der Waals surface area contributed by atoms with Crippen LogP contribution in [0.1, 0.15) is 35.6 Å². The molecule has 0 spiro atoms. The molecule has 2 aliphatic heterocycles. The molecule has 2 unspecified atom stereocenters. The second-order valence-electron chi connectivity index (χ2n) is 9.32. The van der Waals surface area contributed by atoms with Crippen molar-refractivity contribution in [3.63, 3.8) is 0 Å². The van der Waals surface area contributed by atoms with Gasteiger partial charge in [0.2, 0.25) is 5.91 Å². The fourth-order valence-corrected chi connectivity index (χ4v) is 5.45. The quantitative estimate of drug-likeness (QED) is 0.313. The van der Waals surface area contributed by atoms with Crippen LogP contribution in [0.3, 0.4) is 0 Å². The zero-order chi connectivity index (χ0) is 24.9. The summed E-state index contributed by atoms with van der Waals surface area (Å²) in [4.78, 5) is 49.8. The Morgan fingerprint density at radius 1 is 1.20 bits per heavy atom. The Labute approximate surface area is 199 Å². The van der Waals surface area contributed by atoms with Crippen LogP contribution in [0.5, 0.6) is 5.75 Å². The first-order chi connectivity index (χ1) is 16.7. The van der Waals surface area contributed by atoms with Crippen molar-refractivity contribution in [1.82, 2.24) is 9.47 Å². The van der Waals surface area contributed by atoms with Gasteiger partial charge in [0.1, 0.15) is 11.3 Å². The number of aromatic nitrogens is 1. The number of hydrogen-bond acceptors (Lipinski definition) is 7. The summed E-state index contributed by atoms with van der Waals surface area (Å²) in [6.07, 6.45) is 1.60. The van der Waals surface area contributed by atoms with Gasteiger partial charge in [0.05, 0.1) is 12.0 Å². The molecule has 2 atom stereocenters. The summed E-state index contributed by atoms with van der Waals surface area (Å²) in [5.41, 5.74) is 1.43. The van der Waals surface area contributed by atoms with E-state index in [0.717, 1.165) is 28.6 Å². The number of piperidine rings is 1. The molecule has 2 aliphatic rings. The van der Waals surface area contributed by atoms with Gasteiger partial charge < -0.3 is 18.6 Å². The van der Waals surface area contributed by atoms with Gasteiger partial charge in [-0.25, -0.2) is 4.79 Å². The summed E-state index contributed by atoms with van der Waals surface area (Å²) in [5.74, 6) is 0.617. The van der Waals surface area contributed by atoms with Gasteiger partial charge >= 0.3 is 16.9 Å². The number of methoxy groups -OCH3 is 1. The number of nitro groups is 1. The van der Waals surface area contributed by atoms with E-state index < -0.39 is 21.8 Å². The van der Waals surface area contributed by atoms with Crippen molar-refractivity contribution < 1.29 is 18.9 Å². The van der Waals surface area contributed by atoms with Crippen molar-refractivity contribution in [2.45, 2.75) is 38.6 Å². The Hall–Kier alpha value is -3.95. The van der Waals surface area contributed by atoms with Crippen molar-refractivity contribution in [2.24, 2.45) is 5.92 Å². The molecule has 1 saturated heterocycles. The molecule has 5 rings (SSSR count). The average molecular weight is 479 g/mol. The van der Waals surface area contributed by atoms with E-state index in [2.05, 4.69) is 0 Å². The van der Waals surface area contributed by atoms with E-state index in [9.17, 15) is 24.5 Å². The van der Waals surface area contributed by atoms with Gasteiger partial charge in [0.15, 0.2) is 0 Å². The molecular weight excluding hydrogens is 454 g/mol. The van der Waals surface area contributed by atoms with Crippen LogP contribution in [0.25, 0.3) is 11.0 Å². The number of ether oxygens (including phenoxy) is 1. The molecule has 10 nitrogen and oxygen atoms in total. The zero-order valence-electron chi connectivity index (χ0n) is 19.5. The van der Waals surface area contributed by atoms with Crippen LogP contribution in [0.4, 0.5) is 5.69 Å². The van der Waals surface area contributed by atoms with Crippen LogP contribution < -0.4 is 15.9 Å². The highest BCUT2D eigenvalue weighted by atomic mass is 16.6. The molecule has 35 heavy (non-hydrogen) atoms. The molecule has 182 valence electrons. The molecule has 0 saturated carbocycles. The SMILES string of the molecule is COc1cc2oc(=O)cc(C)c2cc1CCC(=O)N1CC2CC(C1)c1ccc([N+](=O)[O-])c(=O)n1C2. The maximum absolute atomic E-state index is 13.2. The molecule has 2 aromatic heterocycles. The number of carbonyl (C=O) groups is 1. The van der Waals surface area contributed by atoms with Crippen molar-refractivity contribution >= 4 is 22.6 Å². The van der Waals surface area contributed by atoms with Crippen molar-refractivity contribution in [3.05, 3.63) is 78.0 Å². The number of likely N-dealkylation sites (tertiary alicyclic amines) is 1. The van der Waals surface area contributed by atoms with E-state index in [4.69, 9.17) is 9.15 Å². The van der Waals surface area contributed by atoms with E-state index in [1.54, 1.807) is 12.1 Å². The normalized spacial score (nSPS) is 18.9. The fourth-order valence-electron chi connectivity index (χ4n) is 5.45. The molecule has 1 fully saturated rings. The summed E-state index contributed by atoms with van der Waals surface area (Å²) in [7, 11) is 1.54. The molecule has 2 bridgehead atoms. The van der Waals surface area contributed by atoms with Gasteiger partial charge in [-0.1, -0.05) is 0 Å². The third-order valence-corrected chi connectivity index (χ3v) is 7.09. The monoisotopic (exact) mass is 479 g/mol. The van der Waals surface area contributed by atoms with Crippen molar-refractivity contribution in [3.8, 4) is 5.75 Å². The number of aryl methyl sites for hydroxylation is 2. The molecular formula is C25H25N3O7. The predicted molar refractivity (Wildman–Crippen MR) is 127 cm³/mol. The second-order valence-corrected chi connectivity index (χ2v) is 9.32. The Kier molecular flexibility index (Phi) is 5.66. The van der Waals surface area contributed by atoms with Gasteiger partial charge in [0.25, 0.3) is 0 Å². The van der Waals surface area contributed by atoms with Crippen LogP contribution in [0.2, 0.25) is 0 Å². The highest BCUT2D eigenvalue weighted by Gasteiger charge is 2.37. The highest BCUT2D eigenvalue weighted by Crippen LogP contribution is 2.36. The Morgan fingerprint density at radius 3 is 2.74 bits per heavy atom. The number of rotatable bonds is 5. The molecule has 3 aromatic rings. The smallest absolute Gasteiger partial charge is 0.336 e. The lowest BCUT2D eigenvalue weighted by Gasteiger charge is -2.42. The minimum Gasteiger partial charge on any atom is -0.496 e. The number of benzene rings is 1. The van der Waals surface area contributed by atoms with E-state index in [1.807, 2.05) is 17.9 Å². The highest BCUT2D eigenvalue weighted by molar-refractivity contribution is 5.83. The lowest BCUT2D eigenvalue weighted by molar-refractivity contribution is -0.386. The number of pyridine rings is 1. The summed E-state index contributed by atoms with van der Waals surface area (Å²) in [6, 6.07) is 7.94. The molecule has 4 heterocycles. The number of hydrogen-bond donors (Lipinski definition) is 0. The lowest BCUT2D eigenvalue weighted by atomic mass is 9.83. The molecule has 1 amide bonds. The Balaban J connectivity index is 1.34. The predicted octanol–water partition coefficient (Wildman–Crippen LogP) is 2.76. The number of carbonyl (C=O) groups excluding carboxylic acids is 1. The first kappa shape index (κ1) is 22.8. The molecule has 10 heteroatoms. The largest absolute Gasteiger partial charge is 0.496 e. The topological polar surface area (TPSA) is 125 Å². The molecule has 0 aliphatic carbocycles. The molecule has 0 radical (unpaired) electrons. The minimum atomic E-state index is -0.647. The maximum atomic E-state index is 13.2. The minimum absolute atomic E-state index is 0.0101. The van der Waals surface area contributed by atoms with Gasteiger partial charge in [-0.3, -0.25) is 19.7 Å². The van der Waals surface area contributed by atoms with Crippen LogP contribution in [-0.4, -0.2) is 40.5 Å². The van der Waals surface area contributed by atoms with E-state index >= 15 is 0 Å².